The van der Waals surface area contributed by atoms with Crippen LogP contribution in [0.3, 0.4) is 0 Å². The van der Waals surface area contributed by atoms with E-state index in [0.29, 0.717) is 18.7 Å². The minimum Gasteiger partial charge on any atom is -0.383 e. The molecule has 5 nitrogen and oxygen atoms in total. The highest BCUT2D eigenvalue weighted by Crippen LogP contribution is 2.24. The minimum absolute atomic E-state index is 0.134. The molecule has 23 heavy (non-hydrogen) atoms. The molecule has 0 atom stereocenters. The molecule has 0 aliphatic carbocycles. The molecule has 3 aromatic rings. The molecular weight excluding hydrogens is 290 g/mol. The zero-order valence-corrected chi connectivity index (χ0v) is 12.8. The second kappa shape index (κ2) is 6.98. The minimum atomic E-state index is -0.134. The Morgan fingerprint density at radius 1 is 1.22 bits per heavy atom. The van der Waals surface area contributed by atoms with Crippen molar-refractivity contribution >= 4 is 16.8 Å². The molecule has 0 bridgehead atoms. The van der Waals surface area contributed by atoms with E-state index < -0.39 is 0 Å². The molecule has 0 spiro atoms. The predicted molar refractivity (Wildman–Crippen MR) is 89.2 cm³/mol. The van der Waals surface area contributed by atoms with Crippen LogP contribution in [0.4, 0.5) is 0 Å². The number of carbonyl (C=O) groups is 1. The molecule has 2 aromatic heterocycles. The SMILES string of the molecule is COCCNC(=O)c1cc(-c2cccnc2)nc2ccccc12. The lowest BCUT2D eigenvalue weighted by Gasteiger charge is -2.10. The maximum atomic E-state index is 12.5. The number of hydrogen-bond donors (Lipinski definition) is 1. The second-order valence-corrected chi connectivity index (χ2v) is 5.06. The van der Waals surface area contributed by atoms with E-state index in [-0.39, 0.29) is 5.91 Å². The van der Waals surface area contributed by atoms with E-state index in [1.807, 2.05) is 42.5 Å². The monoisotopic (exact) mass is 307 g/mol. The number of fused-ring (bicyclic) bond motifs is 1. The number of para-hydroxylation sites is 1. The lowest BCUT2D eigenvalue weighted by molar-refractivity contribution is 0.0938. The highest BCUT2D eigenvalue weighted by atomic mass is 16.5. The van der Waals surface area contributed by atoms with E-state index in [4.69, 9.17) is 4.74 Å². The van der Waals surface area contributed by atoms with Gasteiger partial charge in [-0.15, -0.1) is 0 Å². The van der Waals surface area contributed by atoms with E-state index in [1.54, 1.807) is 19.5 Å². The van der Waals surface area contributed by atoms with Crippen LogP contribution in [-0.2, 0) is 4.74 Å². The van der Waals surface area contributed by atoms with Crippen molar-refractivity contribution in [1.29, 1.82) is 0 Å². The molecule has 1 N–H and O–H groups in total. The molecule has 2 heterocycles. The molecule has 0 saturated carbocycles. The summed E-state index contributed by atoms with van der Waals surface area (Å²) in [5, 5.41) is 3.69. The fraction of sp³-hybridized carbons (Fsp3) is 0.167. The van der Waals surface area contributed by atoms with Crippen molar-refractivity contribution in [2.45, 2.75) is 0 Å². The van der Waals surface area contributed by atoms with Crippen molar-refractivity contribution in [1.82, 2.24) is 15.3 Å². The molecule has 1 aromatic carbocycles. The third-order valence-corrected chi connectivity index (χ3v) is 3.51. The average molecular weight is 307 g/mol. The number of carbonyl (C=O) groups excluding carboxylic acids is 1. The lowest BCUT2D eigenvalue weighted by atomic mass is 10.0. The number of nitrogens with one attached hydrogen (secondary N) is 1. The van der Waals surface area contributed by atoms with Crippen LogP contribution in [0.5, 0.6) is 0 Å². The van der Waals surface area contributed by atoms with Crippen LogP contribution < -0.4 is 5.32 Å². The largest absolute Gasteiger partial charge is 0.383 e. The topological polar surface area (TPSA) is 64.1 Å². The fourth-order valence-electron chi connectivity index (χ4n) is 2.39. The van der Waals surface area contributed by atoms with E-state index in [1.165, 1.54) is 0 Å². The van der Waals surface area contributed by atoms with Crippen LogP contribution in [0.1, 0.15) is 10.4 Å². The van der Waals surface area contributed by atoms with Gasteiger partial charge in [-0.05, 0) is 24.3 Å². The Kier molecular flexibility index (Phi) is 4.59. The molecule has 0 fully saturated rings. The van der Waals surface area contributed by atoms with Crippen LogP contribution in [0.2, 0.25) is 0 Å². The normalized spacial score (nSPS) is 10.7. The summed E-state index contributed by atoms with van der Waals surface area (Å²) in [6.07, 6.45) is 3.45. The Hall–Kier alpha value is -2.79. The number of nitrogens with zero attached hydrogens (tertiary/aromatic N) is 2. The van der Waals surface area contributed by atoms with Gasteiger partial charge in [-0.2, -0.15) is 0 Å². The first-order valence-electron chi connectivity index (χ1n) is 7.37. The summed E-state index contributed by atoms with van der Waals surface area (Å²) < 4.78 is 4.97. The molecule has 0 saturated heterocycles. The van der Waals surface area contributed by atoms with Gasteiger partial charge in [0.15, 0.2) is 0 Å². The number of hydrogen-bond acceptors (Lipinski definition) is 4. The predicted octanol–water partition coefficient (Wildman–Crippen LogP) is 2.67. The highest BCUT2D eigenvalue weighted by Gasteiger charge is 2.13. The standard InChI is InChI=1S/C18H17N3O2/c1-23-10-9-20-18(22)15-11-17(13-5-4-8-19-12-13)21-16-7-3-2-6-14(15)16/h2-8,11-12H,9-10H2,1H3,(H,20,22). The number of amides is 1. The van der Waals surface area contributed by atoms with Crippen molar-refractivity contribution in [3.8, 4) is 11.3 Å². The summed E-state index contributed by atoms with van der Waals surface area (Å²) in [5.41, 5.74) is 2.99. The van der Waals surface area contributed by atoms with Crippen LogP contribution >= 0.6 is 0 Å². The average Bonchev–Trinajstić information content (AvgIpc) is 2.61. The van der Waals surface area contributed by atoms with Crippen molar-refractivity contribution in [3.05, 3.63) is 60.4 Å². The molecule has 3 rings (SSSR count). The summed E-state index contributed by atoms with van der Waals surface area (Å²) in [6.45, 7) is 0.943. The third kappa shape index (κ3) is 3.35. The molecule has 0 aliphatic heterocycles. The van der Waals surface area contributed by atoms with Gasteiger partial charge in [0, 0.05) is 37.0 Å². The molecule has 0 unspecified atom stereocenters. The van der Waals surface area contributed by atoms with Gasteiger partial charge in [0.05, 0.1) is 23.4 Å². The van der Waals surface area contributed by atoms with Crippen molar-refractivity contribution in [2.75, 3.05) is 20.3 Å². The first-order valence-corrected chi connectivity index (χ1v) is 7.37. The Labute approximate surface area is 134 Å². The van der Waals surface area contributed by atoms with Gasteiger partial charge in [-0.1, -0.05) is 18.2 Å². The Morgan fingerprint density at radius 3 is 2.87 bits per heavy atom. The maximum absolute atomic E-state index is 12.5. The van der Waals surface area contributed by atoms with Crippen LogP contribution in [0, 0.1) is 0 Å². The summed E-state index contributed by atoms with van der Waals surface area (Å²) in [6, 6.07) is 13.2. The van der Waals surface area contributed by atoms with Gasteiger partial charge in [0.1, 0.15) is 0 Å². The first-order chi connectivity index (χ1) is 11.3. The van der Waals surface area contributed by atoms with Gasteiger partial charge >= 0.3 is 0 Å². The van der Waals surface area contributed by atoms with Gasteiger partial charge in [0.25, 0.3) is 5.91 Å². The van der Waals surface area contributed by atoms with Crippen LogP contribution in [-0.4, -0.2) is 36.1 Å². The first kappa shape index (κ1) is 15.1. The van der Waals surface area contributed by atoms with Gasteiger partial charge < -0.3 is 10.1 Å². The van der Waals surface area contributed by atoms with Gasteiger partial charge in [-0.25, -0.2) is 4.98 Å². The lowest BCUT2D eigenvalue weighted by Crippen LogP contribution is -2.27. The van der Waals surface area contributed by atoms with E-state index in [0.717, 1.165) is 22.2 Å². The quantitative estimate of drug-likeness (QED) is 0.736. The maximum Gasteiger partial charge on any atom is 0.252 e. The number of pyridine rings is 2. The van der Waals surface area contributed by atoms with E-state index in [2.05, 4.69) is 15.3 Å². The molecule has 5 heteroatoms. The van der Waals surface area contributed by atoms with E-state index in [9.17, 15) is 4.79 Å². The van der Waals surface area contributed by atoms with Gasteiger partial charge in [-0.3, -0.25) is 9.78 Å². The Balaban J connectivity index is 2.06. The third-order valence-electron chi connectivity index (χ3n) is 3.51. The fourth-order valence-corrected chi connectivity index (χ4v) is 2.39. The second-order valence-electron chi connectivity index (χ2n) is 5.06. The van der Waals surface area contributed by atoms with E-state index >= 15 is 0 Å². The summed E-state index contributed by atoms with van der Waals surface area (Å²) in [4.78, 5) is 21.3. The smallest absolute Gasteiger partial charge is 0.252 e. The summed E-state index contributed by atoms with van der Waals surface area (Å²) in [7, 11) is 1.61. The Bertz CT molecular complexity index is 819. The van der Waals surface area contributed by atoms with Gasteiger partial charge in [0.2, 0.25) is 0 Å². The number of ether oxygens (including phenoxy) is 1. The molecule has 1 amide bonds. The zero-order chi connectivity index (χ0) is 16.1. The Morgan fingerprint density at radius 2 is 2.09 bits per heavy atom. The number of methoxy groups -OCH3 is 1. The van der Waals surface area contributed by atoms with Crippen LogP contribution in [0.15, 0.2) is 54.9 Å². The molecule has 0 radical (unpaired) electrons. The molecule has 116 valence electrons. The highest BCUT2D eigenvalue weighted by molar-refractivity contribution is 6.07. The van der Waals surface area contributed by atoms with Crippen molar-refractivity contribution < 1.29 is 9.53 Å². The summed E-state index contributed by atoms with van der Waals surface area (Å²) >= 11 is 0. The molecular formula is C18H17N3O2. The number of rotatable bonds is 5. The van der Waals surface area contributed by atoms with Crippen LogP contribution in [0.25, 0.3) is 22.2 Å². The molecule has 0 aliphatic rings. The number of aromatic nitrogens is 2. The zero-order valence-electron chi connectivity index (χ0n) is 12.8. The van der Waals surface area contributed by atoms with Crippen molar-refractivity contribution in [2.24, 2.45) is 0 Å². The van der Waals surface area contributed by atoms with Crippen molar-refractivity contribution in [3.63, 3.8) is 0 Å². The number of benzene rings is 1. The summed E-state index contributed by atoms with van der Waals surface area (Å²) in [5.74, 6) is -0.134.